The van der Waals surface area contributed by atoms with Crippen LogP contribution in [0.25, 0.3) is 0 Å². The minimum absolute atomic E-state index is 0.266. The molecule has 0 saturated carbocycles. The van der Waals surface area contributed by atoms with Crippen LogP contribution < -0.4 is 10.5 Å². The fourth-order valence-corrected chi connectivity index (χ4v) is 2.86. The van der Waals surface area contributed by atoms with E-state index in [4.69, 9.17) is 34.2 Å². The Bertz CT molecular complexity index is 793. The molecule has 1 fully saturated rings. The summed E-state index contributed by atoms with van der Waals surface area (Å²) in [6.07, 6.45) is -7.15. The van der Waals surface area contributed by atoms with Crippen molar-refractivity contribution in [3.63, 3.8) is 0 Å². The molecular weight excluding hydrogens is 402 g/mol. The number of carbonyl (C=O) groups excluding carboxylic acids is 4. The van der Waals surface area contributed by atoms with Crippen LogP contribution in [0.1, 0.15) is 20.8 Å². The molecule has 30 heavy (non-hydrogen) atoms. The third-order valence-electron chi connectivity index (χ3n) is 3.97. The Labute approximate surface area is 172 Å². The van der Waals surface area contributed by atoms with E-state index in [1.54, 1.807) is 12.1 Å². The third-order valence-corrected chi connectivity index (χ3v) is 3.97. The molecule has 5 atom stereocenters. The maximum absolute atomic E-state index is 12.3. The van der Waals surface area contributed by atoms with Crippen LogP contribution in [0.15, 0.2) is 24.3 Å². The first kappa shape index (κ1) is 22.9. The van der Waals surface area contributed by atoms with Crippen molar-refractivity contribution in [2.24, 2.45) is 0 Å². The molecule has 1 heterocycles. The molecule has 1 aliphatic rings. The number of nitrogens with two attached hydrogens (primary N) is 1. The number of esters is 4. The van der Waals surface area contributed by atoms with Gasteiger partial charge in [-0.05, 0) is 24.3 Å². The molecule has 0 aromatic heterocycles. The van der Waals surface area contributed by atoms with E-state index in [1.165, 1.54) is 12.1 Å². The fraction of sp³-hybridized carbons (Fsp3) is 0.474. The summed E-state index contributed by atoms with van der Waals surface area (Å²) in [6, 6.07) is 6.16. The van der Waals surface area contributed by atoms with Gasteiger partial charge >= 0.3 is 23.9 Å². The van der Waals surface area contributed by atoms with Crippen LogP contribution in [0.4, 0.5) is 5.69 Å². The Morgan fingerprint density at radius 3 is 1.83 bits per heavy atom. The smallest absolute Gasteiger partial charge is 0.339 e. The monoisotopic (exact) mass is 425 g/mol. The van der Waals surface area contributed by atoms with Gasteiger partial charge in [-0.15, -0.1) is 0 Å². The highest BCUT2D eigenvalue weighted by Crippen LogP contribution is 2.31. The van der Waals surface area contributed by atoms with Crippen molar-refractivity contribution in [1.82, 2.24) is 0 Å². The molecule has 1 aromatic rings. The second kappa shape index (κ2) is 9.92. The summed E-state index contributed by atoms with van der Waals surface area (Å²) in [4.78, 5) is 47.3. The predicted octanol–water partition coefficient (Wildman–Crippen LogP) is 0.341. The van der Waals surface area contributed by atoms with Gasteiger partial charge in [0, 0.05) is 26.5 Å². The zero-order valence-corrected chi connectivity index (χ0v) is 16.9. The minimum atomic E-state index is -1.52. The highest BCUT2D eigenvalue weighted by atomic mass is 16.7. The van der Waals surface area contributed by atoms with Gasteiger partial charge in [-0.3, -0.25) is 14.4 Å². The summed E-state index contributed by atoms with van der Waals surface area (Å²) in [5.74, 6) is -2.95. The first-order valence-electron chi connectivity index (χ1n) is 8.89. The number of rotatable bonds is 6. The van der Waals surface area contributed by atoms with Gasteiger partial charge in [-0.25, -0.2) is 4.79 Å². The quantitative estimate of drug-likeness (QED) is 0.382. The molecule has 0 spiro atoms. The Morgan fingerprint density at radius 2 is 1.33 bits per heavy atom. The van der Waals surface area contributed by atoms with Crippen molar-refractivity contribution >= 4 is 29.6 Å². The largest absolute Gasteiger partial charge is 0.467 e. The van der Waals surface area contributed by atoms with E-state index in [0.717, 1.165) is 27.9 Å². The molecule has 2 rings (SSSR count). The summed E-state index contributed by atoms with van der Waals surface area (Å²) in [5, 5.41) is 0. The number of benzene rings is 1. The molecule has 11 heteroatoms. The number of nitrogen functional groups attached to an aromatic ring is 1. The lowest BCUT2D eigenvalue weighted by Gasteiger charge is -2.43. The second-order valence-electron chi connectivity index (χ2n) is 6.36. The van der Waals surface area contributed by atoms with Crippen molar-refractivity contribution in [3.8, 4) is 5.75 Å². The van der Waals surface area contributed by atoms with E-state index >= 15 is 0 Å². The van der Waals surface area contributed by atoms with E-state index in [1.807, 2.05) is 0 Å². The second-order valence-corrected chi connectivity index (χ2v) is 6.36. The topological polar surface area (TPSA) is 150 Å². The van der Waals surface area contributed by atoms with E-state index in [0.29, 0.717) is 5.69 Å². The van der Waals surface area contributed by atoms with Crippen LogP contribution in [0.3, 0.4) is 0 Å². The number of ether oxygens (including phenoxy) is 6. The fourth-order valence-electron chi connectivity index (χ4n) is 2.86. The summed E-state index contributed by atoms with van der Waals surface area (Å²) in [5.41, 5.74) is 6.13. The average Bonchev–Trinajstić information content (AvgIpc) is 2.66. The van der Waals surface area contributed by atoms with Crippen LogP contribution in [-0.2, 0) is 42.9 Å². The maximum Gasteiger partial charge on any atom is 0.339 e. The lowest BCUT2D eigenvalue weighted by atomic mass is 9.97. The molecule has 1 aliphatic heterocycles. The van der Waals surface area contributed by atoms with E-state index < -0.39 is 54.6 Å². The molecule has 1 aromatic carbocycles. The van der Waals surface area contributed by atoms with Crippen LogP contribution in [0.2, 0.25) is 0 Å². The van der Waals surface area contributed by atoms with Crippen molar-refractivity contribution < 1.29 is 47.6 Å². The van der Waals surface area contributed by atoms with E-state index in [9.17, 15) is 19.2 Å². The lowest BCUT2D eigenvalue weighted by Crippen LogP contribution is -2.64. The molecule has 2 N–H and O–H groups in total. The molecule has 5 unspecified atom stereocenters. The SMILES string of the molecule is COC(=O)C1OC(Oc2ccc(N)cc2)C(OC(C)=O)C(OC(C)=O)C1OC(C)=O. The highest BCUT2D eigenvalue weighted by molar-refractivity contribution is 5.77. The third kappa shape index (κ3) is 5.83. The Kier molecular flexibility index (Phi) is 7.59. The highest BCUT2D eigenvalue weighted by Gasteiger charge is 2.55. The van der Waals surface area contributed by atoms with Crippen LogP contribution in [0.5, 0.6) is 5.75 Å². The Balaban J connectivity index is 2.47. The van der Waals surface area contributed by atoms with Gasteiger partial charge in [0.1, 0.15) is 5.75 Å². The average molecular weight is 425 g/mol. The van der Waals surface area contributed by atoms with Crippen molar-refractivity contribution in [1.29, 1.82) is 0 Å². The first-order valence-corrected chi connectivity index (χ1v) is 8.89. The van der Waals surface area contributed by atoms with Gasteiger partial charge in [-0.1, -0.05) is 0 Å². The number of hydrogen-bond donors (Lipinski definition) is 1. The molecule has 0 bridgehead atoms. The molecule has 0 amide bonds. The standard InChI is InChI=1S/C19H23NO10/c1-9(21)26-14-15(27-10(2)22)17(28-11(3)23)19(30-16(14)18(24)25-4)29-13-7-5-12(20)6-8-13/h5-8,14-17,19H,20H2,1-4H3. The number of methoxy groups -OCH3 is 1. The lowest BCUT2D eigenvalue weighted by molar-refractivity contribution is -0.282. The number of anilines is 1. The van der Waals surface area contributed by atoms with Crippen molar-refractivity contribution in [2.45, 2.75) is 51.5 Å². The predicted molar refractivity (Wildman–Crippen MR) is 98.8 cm³/mol. The summed E-state index contributed by atoms with van der Waals surface area (Å²) in [7, 11) is 1.10. The first-order chi connectivity index (χ1) is 14.1. The zero-order valence-electron chi connectivity index (χ0n) is 16.9. The Hall–Kier alpha value is -3.34. The van der Waals surface area contributed by atoms with Crippen molar-refractivity contribution in [2.75, 3.05) is 12.8 Å². The Morgan fingerprint density at radius 1 is 0.833 bits per heavy atom. The number of hydrogen-bond acceptors (Lipinski definition) is 11. The molecule has 0 radical (unpaired) electrons. The van der Waals surface area contributed by atoms with Crippen LogP contribution in [-0.4, -0.2) is 61.7 Å². The summed E-state index contributed by atoms with van der Waals surface area (Å²) >= 11 is 0. The zero-order chi connectivity index (χ0) is 22.4. The molecule has 1 saturated heterocycles. The van der Waals surface area contributed by atoms with Gasteiger partial charge < -0.3 is 34.2 Å². The van der Waals surface area contributed by atoms with E-state index in [-0.39, 0.29) is 5.75 Å². The molecule has 0 aliphatic carbocycles. The van der Waals surface area contributed by atoms with Crippen LogP contribution >= 0.6 is 0 Å². The van der Waals surface area contributed by atoms with Gasteiger partial charge in [-0.2, -0.15) is 0 Å². The molecule has 11 nitrogen and oxygen atoms in total. The molecular formula is C19H23NO10. The van der Waals surface area contributed by atoms with E-state index in [2.05, 4.69) is 0 Å². The van der Waals surface area contributed by atoms with Gasteiger partial charge in [0.15, 0.2) is 18.3 Å². The van der Waals surface area contributed by atoms with Gasteiger partial charge in [0.05, 0.1) is 7.11 Å². The maximum atomic E-state index is 12.3. The normalized spacial score (nSPS) is 25.5. The van der Waals surface area contributed by atoms with Gasteiger partial charge in [0.2, 0.25) is 12.4 Å². The summed E-state index contributed by atoms with van der Waals surface area (Å²) in [6.45, 7) is 3.32. The minimum Gasteiger partial charge on any atom is -0.467 e. The number of carbonyl (C=O) groups is 4. The van der Waals surface area contributed by atoms with Crippen LogP contribution in [0, 0.1) is 0 Å². The van der Waals surface area contributed by atoms with Gasteiger partial charge in [0.25, 0.3) is 0 Å². The summed E-state index contributed by atoms with van der Waals surface area (Å²) < 4.78 is 31.7. The molecule has 164 valence electrons. The van der Waals surface area contributed by atoms with Crippen molar-refractivity contribution in [3.05, 3.63) is 24.3 Å².